The summed E-state index contributed by atoms with van der Waals surface area (Å²) in [6.07, 6.45) is -1.40. The highest BCUT2D eigenvalue weighted by Crippen LogP contribution is 2.33. The van der Waals surface area contributed by atoms with Gasteiger partial charge in [-0.2, -0.15) is 13.2 Å². The van der Waals surface area contributed by atoms with Gasteiger partial charge in [-0.1, -0.05) is 11.6 Å². The van der Waals surface area contributed by atoms with Crippen LogP contribution in [0.5, 0.6) is 0 Å². The Labute approximate surface area is 112 Å². The third kappa shape index (κ3) is 2.74. The quantitative estimate of drug-likeness (QED) is 0.918. The van der Waals surface area contributed by atoms with Crippen LogP contribution in [0, 0.1) is 0 Å². The minimum Gasteiger partial charge on any atom is -0.323 e. The molecule has 0 bridgehead atoms. The molecule has 2 aromatic rings. The van der Waals surface area contributed by atoms with Gasteiger partial charge in [-0.15, -0.1) is 0 Å². The van der Waals surface area contributed by atoms with Crippen LogP contribution in [-0.2, 0) is 6.18 Å². The largest absolute Gasteiger partial charge is 0.416 e. The van der Waals surface area contributed by atoms with Gasteiger partial charge >= 0.3 is 6.18 Å². The molecule has 2 rings (SSSR count). The average molecular weight is 290 g/mol. The molecular formula is C12H11ClF3N3. The fourth-order valence-corrected chi connectivity index (χ4v) is 1.99. The SMILES string of the molecule is C[C@H](N)c1cncn1-c1ccc(C(F)(F)F)cc1Cl. The first-order valence-electron chi connectivity index (χ1n) is 5.45. The Morgan fingerprint density at radius 3 is 2.58 bits per heavy atom. The molecule has 0 spiro atoms. The number of nitrogens with two attached hydrogens (primary N) is 1. The molecule has 0 aliphatic heterocycles. The lowest BCUT2D eigenvalue weighted by Crippen LogP contribution is -2.11. The summed E-state index contributed by atoms with van der Waals surface area (Å²) in [5.74, 6) is 0. The molecule has 3 nitrogen and oxygen atoms in total. The number of benzene rings is 1. The Kier molecular flexibility index (Phi) is 3.56. The minimum absolute atomic E-state index is 0.00488. The molecule has 102 valence electrons. The maximum Gasteiger partial charge on any atom is 0.416 e. The lowest BCUT2D eigenvalue weighted by molar-refractivity contribution is -0.137. The van der Waals surface area contributed by atoms with Crippen molar-refractivity contribution in [3.8, 4) is 5.69 Å². The monoisotopic (exact) mass is 289 g/mol. The number of halogens is 4. The van der Waals surface area contributed by atoms with Gasteiger partial charge in [-0.3, -0.25) is 0 Å². The van der Waals surface area contributed by atoms with E-state index in [4.69, 9.17) is 17.3 Å². The maximum absolute atomic E-state index is 12.6. The molecule has 0 radical (unpaired) electrons. The smallest absolute Gasteiger partial charge is 0.323 e. The molecule has 0 aliphatic carbocycles. The highest BCUT2D eigenvalue weighted by Gasteiger charge is 2.31. The van der Waals surface area contributed by atoms with E-state index in [1.807, 2.05) is 0 Å². The zero-order chi connectivity index (χ0) is 14.2. The second-order valence-corrected chi connectivity index (χ2v) is 4.55. The third-order valence-electron chi connectivity index (χ3n) is 2.67. The summed E-state index contributed by atoms with van der Waals surface area (Å²) in [4.78, 5) is 3.93. The molecule has 0 amide bonds. The Bertz CT molecular complexity index is 590. The lowest BCUT2D eigenvalue weighted by Gasteiger charge is -2.14. The zero-order valence-corrected chi connectivity index (χ0v) is 10.7. The average Bonchev–Trinajstić information content (AvgIpc) is 2.76. The van der Waals surface area contributed by atoms with Crippen molar-refractivity contribution in [3.63, 3.8) is 0 Å². The molecule has 1 heterocycles. The van der Waals surface area contributed by atoms with Crippen LogP contribution in [0.3, 0.4) is 0 Å². The van der Waals surface area contributed by atoms with Crippen molar-refractivity contribution in [2.24, 2.45) is 5.73 Å². The zero-order valence-electron chi connectivity index (χ0n) is 9.95. The molecule has 1 aromatic heterocycles. The van der Waals surface area contributed by atoms with E-state index < -0.39 is 11.7 Å². The van der Waals surface area contributed by atoms with Crippen molar-refractivity contribution in [1.29, 1.82) is 0 Å². The van der Waals surface area contributed by atoms with Crippen LogP contribution in [0.1, 0.15) is 24.2 Å². The van der Waals surface area contributed by atoms with Crippen molar-refractivity contribution in [1.82, 2.24) is 9.55 Å². The van der Waals surface area contributed by atoms with Crippen molar-refractivity contribution in [3.05, 3.63) is 47.0 Å². The Morgan fingerprint density at radius 2 is 2.05 bits per heavy atom. The van der Waals surface area contributed by atoms with Crippen LogP contribution >= 0.6 is 11.6 Å². The molecule has 19 heavy (non-hydrogen) atoms. The van der Waals surface area contributed by atoms with Crippen LogP contribution in [0.4, 0.5) is 13.2 Å². The molecule has 0 aliphatic rings. The number of imidazole rings is 1. The van der Waals surface area contributed by atoms with Gasteiger partial charge in [-0.25, -0.2) is 4.98 Å². The molecule has 0 unspecified atom stereocenters. The first-order chi connectivity index (χ1) is 8.80. The lowest BCUT2D eigenvalue weighted by atomic mass is 10.2. The van der Waals surface area contributed by atoms with Gasteiger partial charge < -0.3 is 10.3 Å². The van der Waals surface area contributed by atoms with E-state index in [2.05, 4.69) is 4.98 Å². The molecule has 1 aromatic carbocycles. The van der Waals surface area contributed by atoms with E-state index in [-0.39, 0.29) is 11.1 Å². The van der Waals surface area contributed by atoms with Crippen LogP contribution in [0.25, 0.3) is 5.69 Å². The van der Waals surface area contributed by atoms with E-state index in [1.54, 1.807) is 17.7 Å². The van der Waals surface area contributed by atoms with Gasteiger partial charge in [0, 0.05) is 6.04 Å². The molecule has 7 heteroatoms. The number of hydrogen-bond acceptors (Lipinski definition) is 2. The first-order valence-corrected chi connectivity index (χ1v) is 5.83. The first kappa shape index (κ1) is 13.9. The van der Waals surface area contributed by atoms with Crippen LogP contribution in [0.15, 0.2) is 30.7 Å². The summed E-state index contributed by atoms with van der Waals surface area (Å²) in [7, 11) is 0. The fourth-order valence-electron chi connectivity index (χ4n) is 1.72. The third-order valence-corrected chi connectivity index (χ3v) is 2.97. The summed E-state index contributed by atoms with van der Waals surface area (Å²) in [6.45, 7) is 1.76. The number of aromatic nitrogens is 2. The topological polar surface area (TPSA) is 43.8 Å². The Balaban J connectivity index is 2.50. The molecular weight excluding hydrogens is 279 g/mol. The van der Waals surface area contributed by atoms with Gasteiger partial charge in [0.05, 0.1) is 34.5 Å². The molecule has 1 atom stereocenters. The summed E-state index contributed by atoms with van der Waals surface area (Å²) >= 11 is 5.91. The van der Waals surface area contributed by atoms with Crippen LogP contribution < -0.4 is 5.73 Å². The summed E-state index contributed by atoms with van der Waals surface area (Å²) in [5.41, 5.74) is 6.06. The highest BCUT2D eigenvalue weighted by molar-refractivity contribution is 6.32. The summed E-state index contributed by atoms with van der Waals surface area (Å²) in [6, 6.07) is 2.87. The molecule has 0 saturated carbocycles. The predicted octanol–water partition coefficient (Wildman–Crippen LogP) is 3.56. The fraction of sp³-hybridized carbons (Fsp3) is 0.250. The van der Waals surface area contributed by atoms with Gasteiger partial charge in [-0.05, 0) is 25.1 Å². The van der Waals surface area contributed by atoms with Crippen molar-refractivity contribution < 1.29 is 13.2 Å². The number of hydrogen-bond donors (Lipinski definition) is 1. The van der Waals surface area contributed by atoms with E-state index >= 15 is 0 Å². The summed E-state index contributed by atoms with van der Waals surface area (Å²) < 4.78 is 39.2. The van der Waals surface area contributed by atoms with Gasteiger partial charge in [0.15, 0.2) is 0 Å². The predicted molar refractivity (Wildman–Crippen MR) is 66.2 cm³/mol. The molecule has 0 fully saturated rings. The highest BCUT2D eigenvalue weighted by atomic mass is 35.5. The number of rotatable bonds is 2. The second-order valence-electron chi connectivity index (χ2n) is 4.14. The van der Waals surface area contributed by atoms with E-state index in [9.17, 15) is 13.2 Å². The van der Waals surface area contributed by atoms with E-state index in [1.165, 1.54) is 12.4 Å². The van der Waals surface area contributed by atoms with Crippen LogP contribution in [-0.4, -0.2) is 9.55 Å². The van der Waals surface area contributed by atoms with E-state index in [0.717, 1.165) is 12.1 Å². The van der Waals surface area contributed by atoms with E-state index in [0.29, 0.717) is 11.4 Å². The number of nitrogens with zero attached hydrogens (tertiary/aromatic N) is 2. The van der Waals surface area contributed by atoms with Gasteiger partial charge in [0.2, 0.25) is 0 Å². The Morgan fingerprint density at radius 1 is 1.37 bits per heavy atom. The van der Waals surface area contributed by atoms with Crippen LogP contribution in [0.2, 0.25) is 5.02 Å². The normalized spacial score (nSPS) is 13.6. The van der Waals surface area contributed by atoms with Gasteiger partial charge in [0.1, 0.15) is 0 Å². The second kappa shape index (κ2) is 4.86. The van der Waals surface area contributed by atoms with Crippen molar-refractivity contribution >= 4 is 11.6 Å². The van der Waals surface area contributed by atoms with Crippen molar-refractivity contribution in [2.75, 3.05) is 0 Å². The molecule has 2 N–H and O–H groups in total. The standard InChI is InChI=1S/C12H11ClF3N3/c1-7(17)11-5-18-6-19(11)10-3-2-8(4-9(10)13)12(14,15)16/h2-7H,17H2,1H3/t7-/m0/s1. The minimum atomic E-state index is -4.42. The number of alkyl halides is 3. The van der Waals surface area contributed by atoms with Gasteiger partial charge in [0.25, 0.3) is 0 Å². The van der Waals surface area contributed by atoms with Crippen molar-refractivity contribution in [2.45, 2.75) is 19.1 Å². The summed E-state index contributed by atoms with van der Waals surface area (Å²) in [5, 5.41) is -0.00488. The Hall–Kier alpha value is -1.53. The molecule has 0 saturated heterocycles. The maximum atomic E-state index is 12.6.